The minimum absolute atomic E-state index is 0. The first-order valence-corrected chi connectivity index (χ1v) is 4.53. The molecule has 0 unspecified atom stereocenters. The fraction of sp³-hybridized carbons (Fsp3) is 0.143. The number of primary amides is 1. The number of hydrogen-bond acceptors (Lipinski definition) is 2. The number of rotatable bonds is 1. The molecule has 0 spiro atoms. The summed E-state index contributed by atoms with van der Waals surface area (Å²) < 4.78 is 1.54. The van der Waals surface area contributed by atoms with Crippen molar-refractivity contribution >= 4 is 36.7 Å². The van der Waals surface area contributed by atoms with Crippen LogP contribution in [0, 0.1) is 12.1 Å². The zero-order valence-corrected chi connectivity index (χ0v) is 9.00. The van der Waals surface area contributed by atoms with Gasteiger partial charge in [0, 0.05) is 1.43 Å². The molecular formula is C7H9N2NaO2. The average Bonchev–Trinajstić information content (AvgIpc) is 1.97. The third-order valence-electron chi connectivity index (χ3n) is 1.86. The first-order valence-electron chi connectivity index (χ1n) is 3.53. The number of aromatic nitrogens is 1. The van der Waals surface area contributed by atoms with Gasteiger partial charge in [-0.2, -0.15) is 0 Å². The first-order chi connectivity index (χ1) is 5.54. The van der Waals surface area contributed by atoms with E-state index in [0.717, 1.165) is 30.7 Å². The molecule has 0 radical (unpaired) electrons. The van der Waals surface area contributed by atoms with E-state index in [2.05, 4.69) is 0 Å². The standard InChI is InChI=1S/C7H7N2O2.Na.H2/c1-5-3-2-4-9(11)6(5)7(8)10;;/h2,4H,1H3,(H2,8,10);;1H. The minimum Gasteiger partial charge on any atom is 0 e. The molecule has 0 aromatic carbocycles. The Balaban J connectivity index is 0.00000144. The molecular weight excluding hydrogens is 167 g/mol. The quantitative estimate of drug-likeness (QED) is 0.330. The number of carbonyl (C=O) groups is 1. The van der Waals surface area contributed by atoms with E-state index >= 15 is 0 Å². The van der Waals surface area contributed by atoms with Crippen LogP contribution in [-0.4, -0.2) is 33.8 Å². The van der Waals surface area contributed by atoms with Crippen molar-refractivity contribution in [2.75, 3.05) is 0 Å². The van der Waals surface area contributed by atoms with Crippen molar-refractivity contribution in [2.45, 2.75) is 6.92 Å². The SMILES string of the molecule is Cc1[c]([Na])cc[n+]([O-])c1C(N)=O.[HH]. The maximum atomic E-state index is 11.1. The molecule has 0 bridgehead atoms. The molecule has 1 amide bonds. The van der Waals surface area contributed by atoms with Crippen LogP contribution in [0.25, 0.3) is 0 Å². The normalized spacial score (nSPS) is 9.92. The summed E-state index contributed by atoms with van der Waals surface area (Å²) in [6.07, 6.45) is 1.31. The summed E-state index contributed by atoms with van der Waals surface area (Å²) in [7, 11) is 0. The maximum Gasteiger partial charge on any atom is 0 e. The fourth-order valence-corrected chi connectivity index (χ4v) is 1.41. The minimum atomic E-state index is -0.666. The van der Waals surface area contributed by atoms with E-state index < -0.39 is 5.91 Å². The van der Waals surface area contributed by atoms with Gasteiger partial charge in [0.15, 0.2) is 0 Å². The van der Waals surface area contributed by atoms with Gasteiger partial charge in [-0.1, -0.05) is 0 Å². The number of carbonyl (C=O) groups excluding carboxylic acids is 1. The number of amides is 1. The van der Waals surface area contributed by atoms with E-state index in [1.54, 1.807) is 13.0 Å². The zero-order chi connectivity index (χ0) is 9.30. The van der Waals surface area contributed by atoms with E-state index in [-0.39, 0.29) is 7.12 Å². The van der Waals surface area contributed by atoms with Crippen molar-refractivity contribution in [1.82, 2.24) is 0 Å². The van der Waals surface area contributed by atoms with E-state index in [1.165, 1.54) is 6.20 Å². The molecule has 0 fully saturated rings. The molecule has 1 heterocycles. The third kappa shape index (κ3) is 1.60. The Morgan fingerprint density at radius 3 is 2.83 bits per heavy atom. The zero-order valence-electron chi connectivity index (χ0n) is 7.00. The van der Waals surface area contributed by atoms with Crippen LogP contribution < -0.4 is 13.3 Å². The summed E-state index contributed by atoms with van der Waals surface area (Å²) in [5.41, 5.74) is 5.80. The van der Waals surface area contributed by atoms with Gasteiger partial charge in [-0.15, -0.1) is 0 Å². The van der Waals surface area contributed by atoms with Crippen LogP contribution in [0.3, 0.4) is 0 Å². The van der Waals surface area contributed by atoms with Crippen LogP contribution in [0.2, 0.25) is 0 Å². The number of nitrogens with two attached hydrogens (primary N) is 1. The van der Waals surface area contributed by atoms with Gasteiger partial charge < -0.3 is 0 Å². The first kappa shape index (κ1) is 9.51. The van der Waals surface area contributed by atoms with Crippen LogP contribution in [-0.2, 0) is 0 Å². The van der Waals surface area contributed by atoms with Crippen molar-refractivity contribution in [3.63, 3.8) is 0 Å². The molecule has 0 aliphatic carbocycles. The van der Waals surface area contributed by atoms with Gasteiger partial charge in [0.2, 0.25) is 0 Å². The second kappa shape index (κ2) is 3.43. The summed E-state index contributed by atoms with van der Waals surface area (Å²) in [5, 5.41) is 11.1. The Labute approximate surface area is 88.9 Å². The van der Waals surface area contributed by atoms with Crippen molar-refractivity contribution in [2.24, 2.45) is 5.73 Å². The Morgan fingerprint density at radius 2 is 2.42 bits per heavy atom. The molecule has 1 aromatic heterocycles. The average molecular weight is 176 g/mol. The second-order valence-corrected chi connectivity index (χ2v) is 3.74. The molecule has 1 rings (SSSR count). The number of hydrogen-bond donors (Lipinski definition) is 1. The van der Waals surface area contributed by atoms with E-state index in [1.807, 2.05) is 0 Å². The van der Waals surface area contributed by atoms with Crippen molar-refractivity contribution < 1.29 is 11.0 Å². The summed E-state index contributed by atoms with van der Waals surface area (Å²) >= 11 is 0.808. The van der Waals surface area contributed by atoms with Crippen LogP contribution in [0.15, 0.2) is 12.3 Å². The van der Waals surface area contributed by atoms with Gasteiger partial charge in [-0.25, -0.2) is 0 Å². The van der Waals surface area contributed by atoms with E-state index in [4.69, 9.17) is 5.73 Å². The molecule has 1 aromatic rings. The molecule has 0 aliphatic rings. The van der Waals surface area contributed by atoms with Gasteiger partial charge in [0.25, 0.3) is 0 Å². The molecule has 2 N–H and O–H groups in total. The Bertz CT molecular complexity index is 344. The molecule has 0 saturated carbocycles. The predicted octanol–water partition coefficient (Wildman–Crippen LogP) is -1.23. The third-order valence-corrected chi connectivity index (χ3v) is 2.94. The number of pyridine rings is 1. The predicted molar refractivity (Wildman–Crippen MR) is 46.2 cm³/mol. The fourth-order valence-electron chi connectivity index (χ4n) is 1.02. The molecule has 4 nitrogen and oxygen atoms in total. The van der Waals surface area contributed by atoms with Crippen LogP contribution in [0.5, 0.6) is 0 Å². The topological polar surface area (TPSA) is 70.0 Å². The summed E-state index contributed by atoms with van der Waals surface area (Å²) in [6.45, 7) is 1.73. The van der Waals surface area contributed by atoms with Crippen LogP contribution in [0.1, 0.15) is 17.5 Å². The maximum absolute atomic E-state index is 11.1. The summed E-state index contributed by atoms with van der Waals surface area (Å²) in [5.74, 6) is -0.666. The van der Waals surface area contributed by atoms with Crippen LogP contribution >= 0.6 is 0 Å². The molecule has 0 atom stereocenters. The van der Waals surface area contributed by atoms with Crippen molar-refractivity contribution in [3.8, 4) is 0 Å². The van der Waals surface area contributed by atoms with Crippen LogP contribution in [0.4, 0.5) is 0 Å². The Morgan fingerprint density at radius 1 is 1.83 bits per heavy atom. The van der Waals surface area contributed by atoms with Crippen molar-refractivity contribution in [1.29, 1.82) is 0 Å². The molecule has 5 heteroatoms. The Kier molecular flexibility index (Phi) is 2.72. The van der Waals surface area contributed by atoms with Gasteiger partial charge >= 0.3 is 87.6 Å². The van der Waals surface area contributed by atoms with Gasteiger partial charge in [0.1, 0.15) is 0 Å². The molecule has 60 valence electrons. The monoisotopic (exact) mass is 176 g/mol. The van der Waals surface area contributed by atoms with E-state index in [0.29, 0.717) is 10.3 Å². The number of nitrogens with zero attached hydrogens (tertiary/aromatic N) is 1. The second-order valence-electron chi connectivity index (χ2n) is 2.66. The van der Waals surface area contributed by atoms with Gasteiger partial charge in [-0.05, 0) is 0 Å². The van der Waals surface area contributed by atoms with Crippen molar-refractivity contribution in [3.05, 3.63) is 28.7 Å². The van der Waals surface area contributed by atoms with E-state index in [9.17, 15) is 10.0 Å². The molecule has 0 aliphatic heterocycles. The largest absolute Gasteiger partial charge is 0 e. The Hall–Kier alpha value is -0.580. The smallest absolute Gasteiger partial charge is 0 e. The van der Waals surface area contributed by atoms with Gasteiger partial charge in [-0.3, -0.25) is 0 Å². The summed E-state index contributed by atoms with van der Waals surface area (Å²) in [6, 6.07) is 1.71. The summed E-state index contributed by atoms with van der Waals surface area (Å²) in [4.78, 5) is 10.8. The molecule has 12 heavy (non-hydrogen) atoms. The molecule has 0 saturated heterocycles. The van der Waals surface area contributed by atoms with Gasteiger partial charge in [0.05, 0.1) is 0 Å².